The highest BCUT2D eigenvalue weighted by atomic mass is 35.5. The smallest absolute Gasteiger partial charge is 0.250 e. The zero-order valence-corrected chi connectivity index (χ0v) is 22.8. The summed E-state index contributed by atoms with van der Waals surface area (Å²) in [5.74, 6) is -1.11. The van der Waals surface area contributed by atoms with Crippen LogP contribution in [-0.4, -0.2) is 51.6 Å². The molecule has 1 aromatic carbocycles. The lowest BCUT2D eigenvalue weighted by molar-refractivity contribution is -0.136. The van der Waals surface area contributed by atoms with Crippen molar-refractivity contribution in [3.63, 3.8) is 0 Å². The Balaban J connectivity index is 2.16. The Bertz CT molecular complexity index is 1070. The third-order valence-electron chi connectivity index (χ3n) is 6.23. The number of alkyl halides is 1. The Morgan fingerprint density at radius 1 is 1.11 bits per heavy atom. The topological polar surface area (TPSA) is 82.6 Å². The molecule has 8 heteroatoms. The van der Waals surface area contributed by atoms with Crippen LogP contribution in [0.1, 0.15) is 71.6 Å². The highest BCUT2D eigenvalue weighted by Crippen LogP contribution is 2.33. The van der Waals surface area contributed by atoms with Crippen LogP contribution in [0.25, 0.3) is 0 Å². The first-order valence-corrected chi connectivity index (χ1v) is 12.9. The maximum atomic E-state index is 14.2. The first kappa shape index (κ1) is 27.7. The largest absolute Gasteiger partial charge is 0.349 e. The number of anilines is 1. The first-order chi connectivity index (χ1) is 16.8. The second-order valence-electron chi connectivity index (χ2n) is 11.3. The van der Waals surface area contributed by atoms with Gasteiger partial charge in [-0.3, -0.25) is 24.3 Å². The van der Waals surface area contributed by atoms with Crippen LogP contribution in [-0.2, 0) is 19.8 Å². The van der Waals surface area contributed by atoms with E-state index >= 15 is 0 Å². The predicted molar refractivity (Wildman–Crippen MR) is 143 cm³/mol. The van der Waals surface area contributed by atoms with E-state index in [1.54, 1.807) is 24.5 Å². The third-order valence-corrected chi connectivity index (χ3v) is 6.45. The van der Waals surface area contributed by atoms with Crippen molar-refractivity contribution >= 4 is 35.0 Å². The Kier molecular flexibility index (Phi) is 8.44. The maximum Gasteiger partial charge on any atom is 0.250 e. The molecule has 7 nitrogen and oxygen atoms in total. The molecule has 2 heterocycles. The van der Waals surface area contributed by atoms with E-state index in [0.29, 0.717) is 30.6 Å². The zero-order valence-electron chi connectivity index (χ0n) is 22.0. The van der Waals surface area contributed by atoms with E-state index in [1.165, 1.54) is 9.80 Å². The Morgan fingerprint density at radius 2 is 1.78 bits per heavy atom. The number of rotatable bonds is 6. The standard InChI is InChI=1S/C28H37ClN4O3/c1-27(2,3)20-11-13-21(14-12-20)33(26(36)22-10-8-16-32(22)23(34)17-29)24(19-9-7-15-30-18-19)25(35)31-28(4,5)6/h7,9,11-15,18,22,24H,8,10,16-17H2,1-6H3,(H,31,35). The highest BCUT2D eigenvalue weighted by molar-refractivity contribution is 6.27. The fourth-order valence-electron chi connectivity index (χ4n) is 4.48. The van der Waals surface area contributed by atoms with Crippen LogP contribution in [0, 0.1) is 0 Å². The summed E-state index contributed by atoms with van der Waals surface area (Å²) in [7, 11) is 0. The van der Waals surface area contributed by atoms with E-state index in [1.807, 2.05) is 45.0 Å². The molecule has 0 bridgehead atoms. The molecule has 2 atom stereocenters. The van der Waals surface area contributed by atoms with Crippen LogP contribution in [0.5, 0.6) is 0 Å². The molecule has 2 unspecified atom stereocenters. The summed E-state index contributed by atoms with van der Waals surface area (Å²) < 4.78 is 0. The van der Waals surface area contributed by atoms with E-state index in [0.717, 1.165) is 5.56 Å². The van der Waals surface area contributed by atoms with Gasteiger partial charge >= 0.3 is 0 Å². The number of hydrogen-bond donors (Lipinski definition) is 1. The minimum atomic E-state index is -0.973. The van der Waals surface area contributed by atoms with Crippen LogP contribution >= 0.6 is 11.6 Å². The summed E-state index contributed by atoms with van der Waals surface area (Å²) in [6, 6.07) is 9.57. The fourth-order valence-corrected chi connectivity index (χ4v) is 4.63. The van der Waals surface area contributed by atoms with Gasteiger partial charge in [0.05, 0.1) is 0 Å². The SMILES string of the molecule is CC(C)(C)NC(=O)C(c1cccnc1)N(C(=O)C1CCCN1C(=O)CCl)c1ccc(C(C)(C)C)cc1. The van der Waals surface area contributed by atoms with E-state index in [2.05, 4.69) is 31.1 Å². The van der Waals surface area contributed by atoms with Gasteiger partial charge in [0.1, 0.15) is 18.0 Å². The summed E-state index contributed by atoms with van der Waals surface area (Å²) in [5.41, 5.74) is 1.68. The molecule has 36 heavy (non-hydrogen) atoms. The van der Waals surface area contributed by atoms with Gasteiger partial charge in [-0.1, -0.05) is 39.0 Å². The van der Waals surface area contributed by atoms with E-state index in [4.69, 9.17) is 11.6 Å². The average Bonchev–Trinajstić information content (AvgIpc) is 3.30. The molecule has 1 N–H and O–H groups in total. The first-order valence-electron chi connectivity index (χ1n) is 12.3. The summed E-state index contributed by atoms with van der Waals surface area (Å²) in [6.45, 7) is 12.5. The average molecular weight is 513 g/mol. The lowest BCUT2D eigenvalue weighted by atomic mass is 9.87. The molecule has 2 aromatic rings. The van der Waals surface area contributed by atoms with E-state index in [-0.39, 0.29) is 29.0 Å². The zero-order chi connectivity index (χ0) is 26.7. The molecule has 0 saturated carbocycles. The van der Waals surface area contributed by atoms with Crippen molar-refractivity contribution in [3.8, 4) is 0 Å². The monoisotopic (exact) mass is 512 g/mol. The normalized spacial score (nSPS) is 17.0. The maximum absolute atomic E-state index is 14.2. The summed E-state index contributed by atoms with van der Waals surface area (Å²) in [5, 5.41) is 3.03. The minimum Gasteiger partial charge on any atom is -0.349 e. The van der Waals surface area contributed by atoms with Crippen molar-refractivity contribution in [1.29, 1.82) is 0 Å². The van der Waals surface area contributed by atoms with Gasteiger partial charge in [0, 0.05) is 35.7 Å². The quantitative estimate of drug-likeness (QED) is 0.573. The fraction of sp³-hybridized carbons (Fsp3) is 0.500. The number of aromatic nitrogens is 1. The molecule has 194 valence electrons. The van der Waals surface area contributed by atoms with Crippen molar-refractivity contribution in [2.45, 2.75) is 77.4 Å². The minimum absolute atomic E-state index is 0.0747. The van der Waals surface area contributed by atoms with Crippen LogP contribution in [0.3, 0.4) is 0 Å². The van der Waals surface area contributed by atoms with Gasteiger partial charge in [0.25, 0.3) is 5.91 Å². The molecule has 1 aromatic heterocycles. The van der Waals surface area contributed by atoms with Gasteiger partial charge < -0.3 is 10.2 Å². The van der Waals surface area contributed by atoms with Crippen LogP contribution in [0.15, 0.2) is 48.8 Å². The lowest BCUT2D eigenvalue weighted by Gasteiger charge is -2.36. The van der Waals surface area contributed by atoms with Gasteiger partial charge in [-0.15, -0.1) is 11.6 Å². The van der Waals surface area contributed by atoms with Gasteiger partial charge in [0.2, 0.25) is 11.8 Å². The second-order valence-corrected chi connectivity index (χ2v) is 11.6. The van der Waals surface area contributed by atoms with Crippen LogP contribution < -0.4 is 10.2 Å². The number of pyridine rings is 1. The third kappa shape index (κ3) is 6.44. The van der Waals surface area contributed by atoms with Crippen molar-refractivity contribution in [1.82, 2.24) is 15.2 Å². The van der Waals surface area contributed by atoms with Crippen molar-refractivity contribution in [2.75, 3.05) is 17.3 Å². The lowest BCUT2D eigenvalue weighted by Crippen LogP contribution is -2.54. The van der Waals surface area contributed by atoms with Gasteiger partial charge in [-0.2, -0.15) is 0 Å². The molecule has 0 spiro atoms. The number of carbonyl (C=O) groups is 3. The van der Waals surface area contributed by atoms with E-state index < -0.39 is 17.6 Å². The summed E-state index contributed by atoms with van der Waals surface area (Å²) >= 11 is 5.85. The molecule has 0 aliphatic carbocycles. The molecule has 1 fully saturated rings. The molecular formula is C28H37ClN4O3. The second kappa shape index (κ2) is 11.0. The Labute approximate surface area is 219 Å². The van der Waals surface area contributed by atoms with Crippen molar-refractivity contribution < 1.29 is 14.4 Å². The van der Waals surface area contributed by atoms with E-state index in [9.17, 15) is 14.4 Å². The summed E-state index contributed by atoms with van der Waals surface area (Å²) in [6.07, 6.45) is 4.44. The van der Waals surface area contributed by atoms with Gasteiger partial charge in [0.15, 0.2) is 0 Å². The van der Waals surface area contributed by atoms with Gasteiger partial charge in [-0.25, -0.2) is 0 Å². The number of nitrogens with one attached hydrogen (secondary N) is 1. The van der Waals surface area contributed by atoms with Crippen molar-refractivity contribution in [3.05, 3.63) is 59.9 Å². The molecule has 3 rings (SSSR count). The van der Waals surface area contributed by atoms with Gasteiger partial charge in [-0.05, 0) is 62.8 Å². The molecule has 1 saturated heterocycles. The Morgan fingerprint density at radius 3 is 2.31 bits per heavy atom. The molecular weight excluding hydrogens is 476 g/mol. The Hall–Kier alpha value is -2.93. The number of nitrogens with zero attached hydrogens (tertiary/aromatic N) is 3. The molecule has 3 amide bonds. The molecule has 1 aliphatic heterocycles. The number of benzene rings is 1. The molecule has 1 aliphatic rings. The van der Waals surface area contributed by atoms with Crippen molar-refractivity contribution in [2.24, 2.45) is 0 Å². The van der Waals surface area contributed by atoms with Crippen LogP contribution in [0.2, 0.25) is 0 Å². The number of likely N-dealkylation sites (tertiary alicyclic amines) is 1. The molecule has 0 radical (unpaired) electrons. The number of hydrogen-bond acceptors (Lipinski definition) is 4. The predicted octanol–water partition coefficient (Wildman–Crippen LogP) is 4.60. The summed E-state index contributed by atoms with van der Waals surface area (Å²) in [4.78, 5) is 47.8. The number of carbonyl (C=O) groups excluding carboxylic acids is 3. The number of amides is 3. The number of halogens is 1. The van der Waals surface area contributed by atoms with Crippen LogP contribution in [0.4, 0.5) is 5.69 Å². The highest BCUT2D eigenvalue weighted by Gasteiger charge is 2.42.